The number of rotatable bonds is 12. The molecule has 1 aromatic heterocycles. The molecule has 0 bridgehead atoms. The minimum Gasteiger partial charge on any atom is -0.472 e. The number of aromatic nitrogens is 1. The first-order valence-corrected chi connectivity index (χ1v) is 19.1. The van der Waals surface area contributed by atoms with Gasteiger partial charge in [0.1, 0.15) is 29.3 Å². The maximum atomic E-state index is 14.2. The summed E-state index contributed by atoms with van der Waals surface area (Å²) in [5, 5.41) is 6.40. The molecule has 14 heteroatoms. The molecule has 2 aliphatic carbocycles. The molecule has 3 aliphatic rings. The molecule has 3 aromatic rings. The van der Waals surface area contributed by atoms with Crippen molar-refractivity contribution in [3.8, 4) is 17.1 Å². The number of benzene rings is 2. The van der Waals surface area contributed by atoms with Gasteiger partial charge in [0.15, 0.2) is 0 Å². The second-order valence-electron chi connectivity index (χ2n) is 14.7. The number of nitrogens with one attached hydrogen (secondary N) is 3. The van der Waals surface area contributed by atoms with E-state index in [-0.39, 0.29) is 25.8 Å². The van der Waals surface area contributed by atoms with Crippen LogP contribution in [0.4, 0.5) is 4.79 Å². The van der Waals surface area contributed by atoms with E-state index in [1.54, 1.807) is 27.7 Å². The van der Waals surface area contributed by atoms with Crippen LogP contribution in [0.15, 0.2) is 73.3 Å². The van der Waals surface area contributed by atoms with E-state index in [0.29, 0.717) is 24.4 Å². The fourth-order valence-electron chi connectivity index (χ4n) is 6.55. The fraction of sp³-hybridized carbons (Fsp3) is 0.447. The zero-order chi connectivity index (χ0) is 37.4. The summed E-state index contributed by atoms with van der Waals surface area (Å²) in [5.41, 5.74) is -0.792. The van der Waals surface area contributed by atoms with Gasteiger partial charge >= 0.3 is 6.09 Å². The molecule has 2 heterocycles. The van der Waals surface area contributed by atoms with Gasteiger partial charge in [0.25, 0.3) is 5.91 Å². The molecular weight excluding hydrogens is 687 g/mol. The highest BCUT2D eigenvalue weighted by Crippen LogP contribution is 2.45. The maximum Gasteiger partial charge on any atom is 0.408 e. The number of likely N-dealkylation sites (tertiary alicyclic amines) is 1. The zero-order valence-corrected chi connectivity index (χ0v) is 30.6. The second kappa shape index (κ2) is 14.2. The predicted octanol–water partition coefficient (Wildman–Crippen LogP) is 4.22. The summed E-state index contributed by atoms with van der Waals surface area (Å²) in [7, 11) is -3.89. The van der Waals surface area contributed by atoms with Gasteiger partial charge in [-0.2, -0.15) is 0 Å². The van der Waals surface area contributed by atoms with E-state index in [9.17, 15) is 27.6 Å². The van der Waals surface area contributed by atoms with Gasteiger partial charge < -0.3 is 25.0 Å². The number of pyridine rings is 1. The standard InChI is InChI=1S/C38H45N5O8S/c1-6-25-21-38(25,35(46)42-52(48,49)27-17-18-27)41-32(44)31-20-26(22-43(31)34(45)29(7-2)40-36(47)51-37(3,4)5)50-33-28-16-12-11-15-24(28)19-30(39-33)23-13-9-8-10-14-23/h6,8-16,19,25-27,29,31H,1,7,17-18,20-22H2,2-5H3,(H,40,47)(H,41,44)(H,42,46)/t25-,26-,29+,31+,38?/m1/s1. The SMILES string of the molecule is C=C[C@@H]1CC1(NC(=O)[C@@H]1C[C@@H](Oc2nc(-c3ccccc3)cc3ccccc23)CN1C(=O)[C@H](CC)NC(=O)OC(C)(C)C)C(=O)NS(=O)(=O)C1CC1. The van der Waals surface area contributed by atoms with Crippen molar-refractivity contribution in [2.75, 3.05) is 6.54 Å². The van der Waals surface area contributed by atoms with Crippen LogP contribution >= 0.6 is 0 Å². The summed E-state index contributed by atoms with van der Waals surface area (Å²) in [4.78, 5) is 60.8. The largest absolute Gasteiger partial charge is 0.472 e. The van der Waals surface area contributed by atoms with Gasteiger partial charge in [-0.15, -0.1) is 6.58 Å². The lowest BCUT2D eigenvalue weighted by molar-refractivity contribution is -0.141. The van der Waals surface area contributed by atoms with E-state index in [1.165, 1.54) is 11.0 Å². The highest BCUT2D eigenvalue weighted by Gasteiger charge is 2.62. The van der Waals surface area contributed by atoms with Gasteiger partial charge in [-0.25, -0.2) is 18.2 Å². The van der Waals surface area contributed by atoms with Crippen molar-refractivity contribution in [1.82, 2.24) is 25.2 Å². The summed E-state index contributed by atoms with van der Waals surface area (Å²) in [6.45, 7) is 10.6. The lowest BCUT2D eigenvalue weighted by atomic mass is 10.1. The number of amides is 4. The Kier molecular flexibility index (Phi) is 10.1. The molecule has 0 radical (unpaired) electrons. The number of sulfonamides is 1. The van der Waals surface area contributed by atoms with E-state index in [2.05, 4.69) is 21.9 Å². The van der Waals surface area contributed by atoms with Crippen molar-refractivity contribution < 1.29 is 37.1 Å². The smallest absolute Gasteiger partial charge is 0.408 e. The van der Waals surface area contributed by atoms with Crippen LogP contribution in [0.5, 0.6) is 5.88 Å². The summed E-state index contributed by atoms with van der Waals surface area (Å²) in [6, 6.07) is 17.0. The summed E-state index contributed by atoms with van der Waals surface area (Å²) >= 11 is 0. The Balaban J connectivity index is 1.29. The molecule has 1 saturated heterocycles. The van der Waals surface area contributed by atoms with Gasteiger partial charge in [-0.1, -0.05) is 61.5 Å². The van der Waals surface area contributed by atoms with Crippen molar-refractivity contribution in [2.24, 2.45) is 5.92 Å². The molecule has 3 fully saturated rings. The Hall–Kier alpha value is -4.98. The van der Waals surface area contributed by atoms with Crippen molar-refractivity contribution in [3.63, 3.8) is 0 Å². The Morgan fingerprint density at radius 3 is 2.40 bits per heavy atom. The first-order chi connectivity index (χ1) is 24.6. The first-order valence-electron chi connectivity index (χ1n) is 17.6. The summed E-state index contributed by atoms with van der Waals surface area (Å²) in [6.07, 6.45) is 1.30. The van der Waals surface area contributed by atoms with Gasteiger partial charge in [0.2, 0.25) is 27.7 Å². The average molecular weight is 732 g/mol. The zero-order valence-electron chi connectivity index (χ0n) is 29.8. The summed E-state index contributed by atoms with van der Waals surface area (Å²) < 4.78 is 39.4. The lowest BCUT2D eigenvalue weighted by Crippen LogP contribution is -2.58. The van der Waals surface area contributed by atoms with E-state index in [0.717, 1.165) is 16.3 Å². The molecule has 4 amide bonds. The van der Waals surface area contributed by atoms with Crippen LogP contribution in [-0.2, 0) is 29.1 Å². The van der Waals surface area contributed by atoms with E-state index >= 15 is 0 Å². The Bertz CT molecular complexity index is 1990. The number of hydrogen-bond acceptors (Lipinski definition) is 9. The van der Waals surface area contributed by atoms with Crippen molar-refractivity contribution in [2.45, 2.75) is 94.4 Å². The van der Waals surface area contributed by atoms with Crippen LogP contribution in [0.25, 0.3) is 22.0 Å². The third-order valence-electron chi connectivity index (χ3n) is 9.55. The first kappa shape index (κ1) is 36.8. The number of carbonyl (C=O) groups excluding carboxylic acids is 4. The molecule has 6 rings (SSSR count). The van der Waals surface area contributed by atoms with Gasteiger partial charge in [-0.05, 0) is 64.0 Å². The third-order valence-corrected chi connectivity index (χ3v) is 11.4. The number of fused-ring (bicyclic) bond motifs is 1. The molecule has 13 nitrogen and oxygen atoms in total. The number of alkyl carbamates (subject to hydrolysis) is 1. The van der Waals surface area contributed by atoms with Crippen LogP contribution in [0.1, 0.15) is 59.8 Å². The fourth-order valence-corrected chi connectivity index (χ4v) is 7.92. The van der Waals surface area contributed by atoms with Crippen molar-refractivity contribution in [1.29, 1.82) is 0 Å². The molecule has 52 heavy (non-hydrogen) atoms. The second-order valence-corrected chi connectivity index (χ2v) is 16.6. The molecule has 276 valence electrons. The average Bonchev–Trinajstić information content (AvgIpc) is 4.03. The molecule has 0 spiro atoms. The van der Waals surface area contributed by atoms with Crippen LogP contribution in [0, 0.1) is 5.92 Å². The molecule has 3 N–H and O–H groups in total. The number of nitrogens with zero attached hydrogens (tertiary/aromatic N) is 2. The van der Waals surface area contributed by atoms with Crippen LogP contribution in [-0.4, -0.2) is 83.2 Å². The van der Waals surface area contributed by atoms with E-state index in [1.807, 2.05) is 60.7 Å². The molecule has 5 atom stereocenters. The van der Waals surface area contributed by atoms with Gasteiger partial charge in [-0.3, -0.25) is 19.1 Å². The predicted molar refractivity (Wildman–Crippen MR) is 194 cm³/mol. The summed E-state index contributed by atoms with van der Waals surface area (Å²) in [5.74, 6) is -2.24. The molecular formula is C38H45N5O8S. The third kappa shape index (κ3) is 7.91. The quantitative estimate of drug-likeness (QED) is 0.231. The number of carbonyl (C=O) groups is 4. The highest BCUT2D eigenvalue weighted by molar-refractivity contribution is 7.91. The Morgan fingerprint density at radius 2 is 1.77 bits per heavy atom. The molecule has 2 aromatic carbocycles. The van der Waals surface area contributed by atoms with Crippen LogP contribution in [0.2, 0.25) is 0 Å². The lowest BCUT2D eigenvalue weighted by Gasteiger charge is -2.30. The monoisotopic (exact) mass is 731 g/mol. The highest BCUT2D eigenvalue weighted by atomic mass is 32.2. The molecule has 1 aliphatic heterocycles. The number of hydrogen-bond donors (Lipinski definition) is 3. The topological polar surface area (TPSA) is 173 Å². The molecule has 1 unspecified atom stereocenters. The normalized spacial score (nSPS) is 23.3. The van der Waals surface area contributed by atoms with Crippen molar-refractivity contribution in [3.05, 3.63) is 73.3 Å². The van der Waals surface area contributed by atoms with E-state index < -0.39 is 74.3 Å². The Labute approximate surface area is 303 Å². The van der Waals surface area contributed by atoms with Crippen LogP contribution in [0.3, 0.4) is 0 Å². The van der Waals surface area contributed by atoms with Crippen molar-refractivity contribution >= 4 is 44.6 Å². The minimum atomic E-state index is -3.89. The minimum absolute atomic E-state index is 0.0306. The van der Waals surface area contributed by atoms with E-state index in [4.69, 9.17) is 14.5 Å². The van der Waals surface area contributed by atoms with Gasteiger partial charge in [0.05, 0.1) is 17.5 Å². The molecule has 2 saturated carbocycles. The Morgan fingerprint density at radius 1 is 1.08 bits per heavy atom. The number of ether oxygens (including phenoxy) is 2. The maximum absolute atomic E-state index is 14.2. The van der Waals surface area contributed by atoms with Crippen LogP contribution < -0.4 is 20.1 Å². The van der Waals surface area contributed by atoms with Gasteiger partial charge in [0, 0.05) is 23.3 Å².